The molecule has 1 aromatic carbocycles. The van der Waals surface area contributed by atoms with Crippen molar-refractivity contribution in [3.8, 4) is 5.75 Å². The Morgan fingerprint density at radius 2 is 2.11 bits per heavy atom. The molecule has 0 aromatic heterocycles. The van der Waals surface area contributed by atoms with Gasteiger partial charge in [0.25, 0.3) is 0 Å². The molecule has 1 saturated heterocycles. The van der Waals surface area contributed by atoms with Gasteiger partial charge in [0, 0.05) is 29.6 Å². The number of benzene rings is 1. The number of nitrogens with zero attached hydrogens (tertiary/aromatic N) is 1. The zero-order valence-electron chi connectivity index (χ0n) is 11.4. The van der Waals surface area contributed by atoms with Crippen LogP contribution in [0.5, 0.6) is 5.75 Å². The molecule has 19 heavy (non-hydrogen) atoms. The lowest BCUT2D eigenvalue weighted by Crippen LogP contribution is -2.46. The van der Waals surface area contributed by atoms with Crippen LogP contribution in [0, 0.1) is 0 Å². The molecule has 3 nitrogen and oxygen atoms in total. The van der Waals surface area contributed by atoms with Gasteiger partial charge in [-0.2, -0.15) is 0 Å². The standard InChI is InChI=1S/C15H21BrN2O/c1-19-15-7-4-11(16)9-14(15)18-8-2-3-13(10-18)17-12-5-6-12/h4,7,9,12-13,17H,2-3,5-6,8,10H2,1H3. The molecule has 0 radical (unpaired) electrons. The molecule has 1 aliphatic heterocycles. The summed E-state index contributed by atoms with van der Waals surface area (Å²) in [4.78, 5) is 2.45. The fourth-order valence-electron chi connectivity index (χ4n) is 2.83. The number of ether oxygens (including phenoxy) is 1. The minimum absolute atomic E-state index is 0.630. The number of nitrogens with one attached hydrogen (secondary N) is 1. The molecule has 1 atom stereocenters. The topological polar surface area (TPSA) is 24.5 Å². The number of hydrogen-bond donors (Lipinski definition) is 1. The molecule has 0 bridgehead atoms. The van der Waals surface area contributed by atoms with Crippen molar-refractivity contribution in [1.29, 1.82) is 0 Å². The maximum absolute atomic E-state index is 5.50. The normalized spacial score (nSPS) is 23.5. The number of piperidine rings is 1. The van der Waals surface area contributed by atoms with Gasteiger partial charge in [0.2, 0.25) is 0 Å². The van der Waals surface area contributed by atoms with Crippen LogP contribution >= 0.6 is 15.9 Å². The Hall–Kier alpha value is -0.740. The highest BCUT2D eigenvalue weighted by Crippen LogP contribution is 2.33. The van der Waals surface area contributed by atoms with E-state index < -0.39 is 0 Å². The van der Waals surface area contributed by atoms with Crippen molar-refractivity contribution >= 4 is 21.6 Å². The van der Waals surface area contributed by atoms with Gasteiger partial charge in [-0.05, 0) is 43.9 Å². The highest BCUT2D eigenvalue weighted by molar-refractivity contribution is 9.10. The summed E-state index contributed by atoms with van der Waals surface area (Å²) in [6, 6.07) is 7.65. The van der Waals surface area contributed by atoms with Crippen molar-refractivity contribution in [3.05, 3.63) is 22.7 Å². The Bertz CT molecular complexity index is 448. The number of hydrogen-bond acceptors (Lipinski definition) is 3. The monoisotopic (exact) mass is 324 g/mol. The van der Waals surface area contributed by atoms with Crippen LogP contribution in [0.1, 0.15) is 25.7 Å². The molecule has 1 aliphatic carbocycles. The van der Waals surface area contributed by atoms with E-state index in [1.807, 2.05) is 12.1 Å². The van der Waals surface area contributed by atoms with Crippen molar-refractivity contribution in [2.75, 3.05) is 25.1 Å². The van der Waals surface area contributed by atoms with E-state index in [1.54, 1.807) is 7.11 Å². The molecule has 1 saturated carbocycles. The van der Waals surface area contributed by atoms with E-state index in [4.69, 9.17) is 4.74 Å². The van der Waals surface area contributed by atoms with Crippen LogP contribution in [0.3, 0.4) is 0 Å². The average Bonchev–Trinajstić information content (AvgIpc) is 3.23. The first kappa shape index (κ1) is 13.3. The average molecular weight is 325 g/mol. The minimum atomic E-state index is 0.630. The smallest absolute Gasteiger partial charge is 0.142 e. The van der Waals surface area contributed by atoms with Crippen LogP contribution in [0.25, 0.3) is 0 Å². The van der Waals surface area contributed by atoms with E-state index in [0.717, 1.165) is 29.4 Å². The molecule has 1 N–H and O–H groups in total. The fraction of sp³-hybridized carbons (Fsp3) is 0.600. The molecular weight excluding hydrogens is 304 g/mol. The second-order valence-corrected chi connectivity index (χ2v) is 6.46. The maximum atomic E-state index is 5.50. The van der Waals surface area contributed by atoms with Crippen LogP contribution in [0.4, 0.5) is 5.69 Å². The number of halogens is 1. The van der Waals surface area contributed by atoms with Crippen molar-refractivity contribution in [2.45, 2.75) is 37.8 Å². The SMILES string of the molecule is COc1ccc(Br)cc1N1CCCC(NC2CC2)C1. The first-order valence-corrected chi connectivity index (χ1v) is 7.90. The predicted molar refractivity (Wildman–Crippen MR) is 82.1 cm³/mol. The lowest BCUT2D eigenvalue weighted by atomic mass is 10.0. The lowest BCUT2D eigenvalue weighted by molar-refractivity contribution is 0.399. The Kier molecular flexibility index (Phi) is 3.99. The molecule has 0 spiro atoms. The molecule has 2 fully saturated rings. The van der Waals surface area contributed by atoms with E-state index in [0.29, 0.717) is 6.04 Å². The molecule has 4 heteroatoms. The van der Waals surface area contributed by atoms with Crippen LogP contribution in [-0.4, -0.2) is 32.3 Å². The van der Waals surface area contributed by atoms with E-state index in [2.05, 4.69) is 32.2 Å². The molecule has 0 amide bonds. The molecule has 1 aromatic rings. The number of rotatable bonds is 4. The number of anilines is 1. The second-order valence-electron chi connectivity index (χ2n) is 5.54. The van der Waals surface area contributed by atoms with E-state index in [9.17, 15) is 0 Å². The fourth-order valence-corrected chi connectivity index (χ4v) is 3.17. The van der Waals surface area contributed by atoms with E-state index in [-0.39, 0.29) is 0 Å². The second kappa shape index (κ2) is 5.71. The van der Waals surface area contributed by atoms with Crippen molar-refractivity contribution in [1.82, 2.24) is 5.32 Å². The van der Waals surface area contributed by atoms with Gasteiger partial charge in [0.05, 0.1) is 12.8 Å². The summed E-state index contributed by atoms with van der Waals surface area (Å²) >= 11 is 3.56. The highest BCUT2D eigenvalue weighted by Gasteiger charge is 2.28. The van der Waals surface area contributed by atoms with Gasteiger partial charge in [-0.15, -0.1) is 0 Å². The number of methoxy groups -OCH3 is 1. The van der Waals surface area contributed by atoms with Gasteiger partial charge in [0.1, 0.15) is 5.75 Å². The third-order valence-corrected chi connectivity index (χ3v) is 4.44. The van der Waals surface area contributed by atoms with Gasteiger partial charge in [-0.25, -0.2) is 0 Å². The molecule has 104 valence electrons. The Morgan fingerprint density at radius 1 is 1.26 bits per heavy atom. The third kappa shape index (κ3) is 3.23. The van der Waals surface area contributed by atoms with Crippen LogP contribution < -0.4 is 15.0 Å². The van der Waals surface area contributed by atoms with Gasteiger partial charge in [-0.1, -0.05) is 15.9 Å². The summed E-state index contributed by atoms with van der Waals surface area (Å²) in [7, 11) is 1.75. The molecule has 1 unspecified atom stereocenters. The third-order valence-electron chi connectivity index (χ3n) is 3.95. The van der Waals surface area contributed by atoms with Crippen molar-refractivity contribution in [2.24, 2.45) is 0 Å². The summed E-state index contributed by atoms with van der Waals surface area (Å²) in [6.07, 6.45) is 5.26. The summed E-state index contributed by atoms with van der Waals surface area (Å²) in [5, 5.41) is 3.75. The predicted octanol–water partition coefficient (Wildman–Crippen LogP) is 3.18. The zero-order valence-corrected chi connectivity index (χ0v) is 12.9. The molecule has 2 aliphatic rings. The molecule has 3 rings (SSSR count). The quantitative estimate of drug-likeness (QED) is 0.920. The van der Waals surface area contributed by atoms with Crippen LogP contribution in [0.2, 0.25) is 0 Å². The van der Waals surface area contributed by atoms with E-state index in [1.165, 1.54) is 31.4 Å². The molecular formula is C15H21BrN2O. The van der Waals surface area contributed by atoms with Gasteiger partial charge in [0.15, 0.2) is 0 Å². The maximum Gasteiger partial charge on any atom is 0.142 e. The highest BCUT2D eigenvalue weighted by atomic mass is 79.9. The largest absolute Gasteiger partial charge is 0.495 e. The summed E-state index contributed by atoms with van der Waals surface area (Å²) in [6.45, 7) is 2.21. The first-order valence-electron chi connectivity index (χ1n) is 7.11. The van der Waals surface area contributed by atoms with E-state index >= 15 is 0 Å². The van der Waals surface area contributed by atoms with Crippen molar-refractivity contribution < 1.29 is 4.74 Å². The van der Waals surface area contributed by atoms with Crippen molar-refractivity contribution in [3.63, 3.8) is 0 Å². The van der Waals surface area contributed by atoms with Crippen LogP contribution in [-0.2, 0) is 0 Å². The molecule has 1 heterocycles. The van der Waals surface area contributed by atoms with Gasteiger partial charge < -0.3 is 15.0 Å². The Morgan fingerprint density at radius 3 is 2.84 bits per heavy atom. The zero-order chi connectivity index (χ0) is 13.2. The first-order chi connectivity index (χ1) is 9.26. The lowest BCUT2D eigenvalue weighted by Gasteiger charge is -2.35. The summed E-state index contributed by atoms with van der Waals surface area (Å²) in [5.74, 6) is 0.968. The Balaban J connectivity index is 1.74. The summed E-state index contributed by atoms with van der Waals surface area (Å²) in [5.41, 5.74) is 1.21. The Labute approximate surface area is 123 Å². The minimum Gasteiger partial charge on any atom is -0.495 e. The summed E-state index contributed by atoms with van der Waals surface area (Å²) < 4.78 is 6.61. The van der Waals surface area contributed by atoms with Gasteiger partial charge >= 0.3 is 0 Å². The van der Waals surface area contributed by atoms with Crippen LogP contribution in [0.15, 0.2) is 22.7 Å². The van der Waals surface area contributed by atoms with Gasteiger partial charge in [-0.3, -0.25) is 0 Å².